The Labute approximate surface area is 134 Å². The van der Waals surface area contributed by atoms with Gasteiger partial charge in [0.15, 0.2) is 0 Å². The van der Waals surface area contributed by atoms with Crippen molar-refractivity contribution >= 4 is 12.1 Å². The van der Waals surface area contributed by atoms with E-state index in [-0.39, 0.29) is 17.9 Å². The smallest absolute Gasteiger partial charge is 0.246 e. The number of benzene rings is 1. The van der Waals surface area contributed by atoms with Crippen LogP contribution in [0.4, 0.5) is 8.78 Å². The van der Waals surface area contributed by atoms with Crippen LogP contribution < -0.4 is 0 Å². The fourth-order valence-electron chi connectivity index (χ4n) is 4.62. The Kier molecular flexibility index (Phi) is 3.66. The number of carbonyl (C=O) groups excluding carboxylic acids is 1. The van der Waals surface area contributed by atoms with Gasteiger partial charge in [0, 0.05) is 24.6 Å². The van der Waals surface area contributed by atoms with E-state index in [1.165, 1.54) is 36.4 Å². The first-order valence-electron chi connectivity index (χ1n) is 8.43. The van der Waals surface area contributed by atoms with Gasteiger partial charge < -0.3 is 0 Å². The van der Waals surface area contributed by atoms with Gasteiger partial charge in [0.25, 0.3) is 0 Å². The van der Waals surface area contributed by atoms with Crippen molar-refractivity contribution in [3.8, 4) is 0 Å². The lowest BCUT2D eigenvalue weighted by molar-refractivity contribution is -0.137. The van der Waals surface area contributed by atoms with Gasteiger partial charge in [-0.1, -0.05) is 19.3 Å². The molecule has 23 heavy (non-hydrogen) atoms. The Hall–Kier alpha value is -1.78. The molecule has 0 saturated heterocycles. The molecular weight excluding hydrogens is 298 g/mol. The van der Waals surface area contributed by atoms with Gasteiger partial charge in [0.1, 0.15) is 11.6 Å². The largest absolute Gasteiger partial charge is 0.273 e. The number of hydrogen-bond donors (Lipinski definition) is 0. The lowest BCUT2D eigenvalue weighted by Gasteiger charge is -2.25. The van der Waals surface area contributed by atoms with Crippen LogP contribution in [-0.2, 0) is 4.79 Å². The summed E-state index contributed by atoms with van der Waals surface area (Å²) in [4.78, 5) is 12.9. The van der Waals surface area contributed by atoms with E-state index in [4.69, 9.17) is 0 Å². The normalized spacial score (nSPS) is 32.5. The maximum absolute atomic E-state index is 13.5. The Bertz CT molecular complexity index is 628. The fraction of sp³-hybridized carbons (Fsp3) is 0.556. The quantitative estimate of drug-likeness (QED) is 0.809. The highest BCUT2D eigenvalue weighted by atomic mass is 19.1. The van der Waals surface area contributed by atoms with Crippen molar-refractivity contribution in [2.24, 2.45) is 22.9 Å². The summed E-state index contributed by atoms with van der Waals surface area (Å²) >= 11 is 0. The zero-order chi connectivity index (χ0) is 16.0. The number of halogens is 2. The SMILES string of the molecule is O=C(C1CC2CCCC2C1)N1N=CCC1c1cc(F)cc(F)c1. The van der Waals surface area contributed by atoms with Crippen LogP contribution in [0.5, 0.6) is 0 Å². The molecule has 1 aromatic carbocycles. The summed E-state index contributed by atoms with van der Waals surface area (Å²) in [5.41, 5.74) is 0.478. The molecule has 2 aliphatic carbocycles. The topological polar surface area (TPSA) is 32.7 Å². The number of rotatable bonds is 2. The van der Waals surface area contributed by atoms with Gasteiger partial charge in [-0.05, 0) is 42.4 Å². The van der Waals surface area contributed by atoms with Crippen molar-refractivity contribution in [3.63, 3.8) is 0 Å². The molecule has 122 valence electrons. The van der Waals surface area contributed by atoms with Crippen LogP contribution in [0.15, 0.2) is 23.3 Å². The van der Waals surface area contributed by atoms with Gasteiger partial charge >= 0.3 is 0 Å². The molecule has 2 fully saturated rings. The lowest BCUT2D eigenvalue weighted by Crippen LogP contribution is -2.32. The number of amides is 1. The Morgan fingerprint density at radius 1 is 1.09 bits per heavy atom. The van der Waals surface area contributed by atoms with Crippen molar-refractivity contribution in [1.82, 2.24) is 5.01 Å². The van der Waals surface area contributed by atoms with E-state index in [0.717, 1.165) is 18.9 Å². The molecule has 5 heteroatoms. The minimum absolute atomic E-state index is 0.0152. The molecule has 3 nitrogen and oxygen atoms in total. The second-order valence-electron chi connectivity index (χ2n) is 7.05. The van der Waals surface area contributed by atoms with Crippen LogP contribution in [0.3, 0.4) is 0 Å². The minimum Gasteiger partial charge on any atom is -0.273 e. The maximum atomic E-state index is 13.5. The van der Waals surface area contributed by atoms with Crippen molar-refractivity contribution in [2.75, 3.05) is 0 Å². The van der Waals surface area contributed by atoms with Crippen molar-refractivity contribution in [2.45, 2.75) is 44.6 Å². The highest BCUT2D eigenvalue weighted by Crippen LogP contribution is 2.48. The monoisotopic (exact) mass is 318 g/mol. The van der Waals surface area contributed by atoms with Crippen molar-refractivity contribution in [1.29, 1.82) is 0 Å². The van der Waals surface area contributed by atoms with Gasteiger partial charge in [0.2, 0.25) is 5.91 Å². The highest BCUT2D eigenvalue weighted by Gasteiger charge is 2.43. The number of hydrogen-bond acceptors (Lipinski definition) is 2. The van der Waals surface area contributed by atoms with Crippen molar-refractivity contribution < 1.29 is 13.6 Å². The molecule has 1 amide bonds. The lowest BCUT2D eigenvalue weighted by atomic mass is 9.99. The van der Waals surface area contributed by atoms with Crippen LogP contribution >= 0.6 is 0 Å². The fourth-order valence-corrected chi connectivity index (χ4v) is 4.62. The Balaban J connectivity index is 1.53. The van der Waals surface area contributed by atoms with Gasteiger partial charge in [-0.25, -0.2) is 13.8 Å². The van der Waals surface area contributed by atoms with Gasteiger partial charge in [0.05, 0.1) is 6.04 Å². The zero-order valence-corrected chi connectivity index (χ0v) is 12.9. The molecule has 2 saturated carbocycles. The van der Waals surface area contributed by atoms with Crippen molar-refractivity contribution in [3.05, 3.63) is 35.4 Å². The predicted molar refractivity (Wildman–Crippen MR) is 82.6 cm³/mol. The third-order valence-electron chi connectivity index (χ3n) is 5.67. The maximum Gasteiger partial charge on any atom is 0.246 e. The third-order valence-corrected chi connectivity index (χ3v) is 5.67. The molecule has 0 spiro atoms. The molecular formula is C18H20F2N2O. The molecule has 3 atom stereocenters. The van der Waals surface area contributed by atoms with Crippen LogP contribution in [0.1, 0.15) is 50.1 Å². The number of hydrazone groups is 1. The molecule has 0 aromatic heterocycles. The summed E-state index contributed by atoms with van der Waals surface area (Å²) in [6.45, 7) is 0. The van der Waals surface area contributed by atoms with Crippen LogP contribution in [0.2, 0.25) is 0 Å². The van der Waals surface area contributed by atoms with E-state index in [2.05, 4.69) is 5.10 Å². The van der Waals surface area contributed by atoms with Crippen LogP contribution in [0.25, 0.3) is 0 Å². The number of fused-ring (bicyclic) bond motifs is 1. The predicted octanol–water partition coefficient (Wildman–Crippen LogP) is 4.05. The first-order valence-corrected chi connectivity index (χ1v) is 8.43. The van der Waals surface area contributed by atoms with Gasteiger partial charge in [-0.2, -0.15) is 5.10 Å². The summed E-state index contributed by atoms with van der Waals surface area (Å²) in [5, 5.41) is 5.66. The Morgan fingerprint density at radius 3 is 2.39 bits per heavy atom. The first-order chi connectivity index (χ1) is 11.1. The average molecular weight is 318 g/mol. The standard InChI is InChI=1S/C18H20F2N2O/c19-15-8-13(9-16(20)10-15)17-4-5-21-22(17)18(23)14-6-11-2-1-3-12(11)7-14/h5,8-12,14,17H,1-4,6-7H2. The van der Waals surface area contributed by atoms with E-state index in [0.29, 0.717) is 23.8 Å². The van der Waals surface area contributed by atoms with Crippen LogP contribution in [-0.4, -0.2) is 17.1 Å². The first kappa shape index (κ1) is 14.8. The molecule has 4 rings (SSSR count). The number of carbonyl (C=O) groups is 1. The second kappa shape index (κ2) is 5.69. The Morgan fingerprint density at radius 2 is 1.74 bits per heavy atom. The summed E-state index contributed by atoms with van der Waals surface area (Å²) in [5.74, 6) is 0.162. The molecule has 1 heterocycles. The van der Waals surface area contributed by atoms with E-state index < -0.39 is 11.6 Å². The summed E-state index contributed by atoms with van der Waals surface area (Å²) in [6.07, 6.45) is 7.81. The van der Waals surface area contributed by atoms with E-state index in [9.17, 15) is 13.6 Å². The molecule has 3 aliphatic rings. The summed E-state index contributed by atoms with van der Waals surface area (Å²) in [6, 6.07) is 3.06. The molecule has 0 N–H and O–H groups in total. The molecule has 1 aliphatic heterocycles. The third kappa shape index (κ3) is 2.66. The number of nitrogens with zero attached hydrogens (tertiary/aromatic N) is 2. The zero-order valence-electron chi connectivity index (χ0n) is 12.9. The summed E-state index contributed by atoms with van der Waals surface area (Å²) < 4.78 is 27.0. The van der Waals surface area contributed by atoms with E-state index >= 15 is 0 Å². The molecule has 0 bridgehead atoms. The second-order valence-corrected chi connectivity index (χ2v) is 7.05. The van der Waals surface area contributed by atoms with E-state index in [1.54, 1.807) is 6.21 Å². The molecule has 0 radical (unpaired) electrons. The molecule has 1 aromatic rings. The van der Waals surface area contributed by atoms with E-state index in [1.807, 2.05) is 0 Å². The van der Waals surface area contributed by atoms with Gasteiger partial charge in [-0.3, -0.25) is 4.79 Å². The van der Waals surface area contributed by atoms with Crippen LogP contribution in [0, 0.1) is 29.4 Å². The average Bonchev–Trinajstić information content (AvgIpc) is 3.20. The summed E-state index contributed by atoms with van der Waals surface area (Å²) in [7, 11) is 0. The van der Waals surface area contributed by atoms with Gasteiger partial charge in [-0.15, -0.1) is 0 Å². The minimum atomic E-state index is -0.616. The highest BCUT2D eigenvalue weighted by molar-refractivity contribution is 5.82. The molecule has 3 unspecified atom stereocenters.